The number of ether oxygens (including phenoxy) is 1. The Bertz CT molecular complexity index is 1010. The van der Waals surface area contributed by atoms with Gasteiger partial charge in [0.1, 0.15) is 11.6 Å². The van der Waals surface area contributed by atoms with Crippen LogP contribution >= 0.6 is 0 Å². The molecule has 1 aromatic carbocycles. The first kappa shape index (κ1) is 19.0. The average Bonchev–Trinajstić information content (AvgIpc) is 3.10. The van der Waals surface area contributed by atoms with Crippen LogP contribution in [0.1, 0.15) is 35.5 Å². The van der Waals surface area contributed by atoms with Gasteiger partial charge in [0.15, 0.2) is 5.69 Å². The van der Waals surface area contributed by atoms with Gasteiger partial charge in [-0.2, -0.15) is 5.26 Å². The number of hydrogen-bond acceptors (Lipinski definition) is 6. The number of urea groups is 1. The zero-order valence-corrected chi connectivity index (χ0v) is 15.6. The number of nitrogens with zero attached hydrogens (tertiary/aromatic N) is 3. The number of rotatable bonds is 4. The lowest BCUT2D eigenvalue weighted by molar-refractivity contribution is -0.130. The van der Waals surface area contributed by atoms with Gasteiger partial charge >= 0.3 is 12.0 Å². The van der Waals surface area contributed by atoms with E-state index in [1.54, 1.807) is 38.1 Å². The molecule has 0 bridgehead atoms. The van der Waals surface area contributed by atoms with Gasteiger partial charge in [-0.3, -0.25) is 9.69 Å². The smallest absolute Gasteiger partial charge is 0.357 e. The summed E-state index contributed by atoms with van der Waals surface area (Å²) in [6, 6.07) is 8.35. The van der Waals surface area contributed by atoms with Crippen LogP contribution in [0, 0.1) is 11.3 Å². The van der Waals surface area contributed by atoms with Crippen LogP contribution in [0.25, 0.3) is 5.69 Å². The van der Waals surface area contributed by atoms with Crippen molar-refractivity contribution in [2.75, 3.05) is 12.8 Å². The predicted octanol–water partition coefficient (Wildman–Crippen LogP) is 1.55. The van der Waals surface area contributed by atoms with Gasteiger partial charge in [-0.25, -0.2) is 9.59 Å². The molecule has 1 aliphatic heterocycles. The molecule has 144 valence electrons. The van der Waals surface area contributed by atoms with Crippen molar-refractivity contribution < 1.29 is 19.1 Å². The fourth-order valence-corrected chi connectivity index (χ4v) is 3.02. The molecule has 0 aliphatic carbocycles. The normalized spacial score (nSPS) is 15.3. The molecule has 1 saturated heterocycles. The van der Waals surface area contributed by atoms with E-state index in [1.807, 2.05) is 6.07 Å². The topological polar surface area (TPSA) is 130 Å². The van der Waals surface area contributed by atoms with Gasteiger partial charge in [-0.1, -0.05) is 12.1 Å². The number of aromatic nitrogens is 1. The molecule has 9 nitrogen and oxygen atoms in total. The van der Waals surface area contributed by atoms with E-state index >= 15 is 0 Å². The molecule has 0 spiro atoms. The van der Waals surface area contributed by atoms with Gasteiger partial charge in [-0.05, 0) is 31.5 Å². The van der Waals surface area contributed by atoms with Gasteiger partial charge in [0.05, 0.1) is 24.9 Å². The van der Waals surface area contributed by atoms with E-state index in [2.05, 4.69) is 5.32 Å². The minimum absolute atomic E-state index is 0.0417. The van der Waals surface area contributed by atoms with Crippen LogP contribution in [0.15, 0.2) is 30.5 Å². The summed E-state index contributed by atoms with van der Waals surface area (Å²) >= 11 is 0. The van der Waals surface area contributed by atoms with Crippen LogP contribution in [0.3, 0.4) is 0 Å². The molecule has 1 aliphatic rings. The molecule has 2 aromatic rings. The van der Waals surface area contributed by atoms with E-state index in [0.29, 0.717) is 5.69 Å². The summed E-state index contributed by atoms with van der Waals surface area (Å²) in [4.78, 5) is 37.5. The molecule has 9 heteroatoms. The van der Waals surface area contributed by atoms with Crippen molar-refractivity contribution in [1.82, 2.24) is 14.8 Å². The van der Waals surface area contributed by atoms with Crippen LogP contribution in [0.2, 0.25) is 0 Å². The minimum Gasteiger partial charge on any atom is -0.464 e. The van der Waals surface area contributed by atoms with Crippen molar-refractivity contribution in [1.29, 1.82) is 5.26 Å². The van der Waals surface area contributed by atoms with Crippen molar-refractivity contribution in [3.05, 3.63) is 47.3 Å². The Balaban J connectivity index is 1.90. The van der Waals surface area contributed by atoms with E-state index in [-0.39, 0.29) is 29.4 Å². The maximum atomic E-state index is 12.3. The Morgan fingerprint density at radius 1 is 1.29 bits per heavy atom. The van der Waals surface area contributed by atoms with Gasteiger partial charge in [0, 0.05) is 11.9 Å². The number of nitrogens with two attached hydrogens (primary N) is 1. The Labute approximate surface area is 161 Å². The summed E-state index contributed by atoms with van der Waals surface area (Å²) in [5.41, 5.74) is 6.53. The Morgan fingerprint density at radius 3 is 2.43 bits per heavy atom. The quantitative estimate of drug-likeness (QED) is 0.610. The summed E-state index contributed by atoms with van der Waals surface area (Å²) in [6.45, 7) is 3.41. The number of hydrogen-bond donors (Lipinski definition) is 2. The van der Waals surface area contributed by atoms with Crippen LogP contribution in [0.4, 0.5) is 10.5 Å². The lowest BCUT2D eigenvalue weighted by atomic mass is 10.1. The highest BCUT2D eigenvalue weighted by Crippen LogP contribution is 2.25. The number of esters is 1. The number of imide groups is 1. The number of benzene rings is 1. The number of nitriles is 1. The van der Waals surface area contributed by atoms with Gasteiger partial charge in [-0.15, -0.1) is 0 Å². The van der Waals surface area contributed by atoms with E-state index < -0.39 is 17.5 Å². The summed E-state index contributed by atoms with van der Waals surface area (Å²) < 4.78 is 6.23. The standard InChI is InChI=1S/C19H19N5O4/c1-19(2)17(26)24(18(27)22-19)9-11-4-6-13(7-5-11)23-10-12(8-20)14(21)15(23)16(25)28-3/h4-7,10H,9,21H2,1-3H3,(H,22,27). The molecular weight excluding hydrogens is 362 g/mol. The molecule has 28 heavy (non-hydrogen) atoms. The number of methoxy groups -OCH3 is 1. The molecule has 1 fully saturated rings. The summed E-state index contributed by atoms with van der Waals surface area (Å²) in [5, 5.41) is 11.8. The monoisotopic (exact) mass is 381 g/mol. The molecular formula is C19H19N5O4. The zero-order chi connectivity index (χ0) is 20.6. The molecule has 0 radical (unpaired) electrons. The number of amides is 3. The van der Waals surface area contributed by atoms with Gasteiger partial charge in [0.25, 0.3) is 5.91 Å². The molecule has 1 aromatic heterocycles. The van der Waals surface area contributed by atoms with E-state index in [1.165, 1.54) is 17.9 Å². The number of anilines is 1. The fourth-order valence-electron chi connectivity index (χ4n) is 3.02. The highest BCUT2D eigenvalue weighted by Gasteiger charge is 2.44. The van der Waals surface area contributed by atoms with Crippen molar-refractivity contribution in [2.24, 2.45) is 0 Å². The molecule has 3 N–H and O–H groups in total. The second-order valence-electron chi connectivity index (χ2n) is 6.89. The fraction of sp³-hybridized carbons (Fsp3) is 0.263. The average molecular weight is 381 g/mol. The van der Waals surface area contributed by atoms with Crippen LogP contribution in [-0.4, -0.2) is 40.0 Å². The highest BCUT2D eigenvalue weighted by atomic mass is 16.5. The van der Waals surface area contributed by atoms with E-state index in [9.17, 15) is 19.6 Å². The van der Waals surface area contributed by atoms with E-state index in [4.69, 9.17) is 10.5 Å². The van der Waals surface area contributed by atoms with Crippen LogP contribution in [-0.2, 0) is 16.1 Å². The Hall–Kier alpha value is -3.80. The van der Waals surface area contributed by atoms with Crippen LogP contribution < -0.4 is 11.1 Å². The van der Waals surface area contributed by atoms with E-state index in [0.717, 1.165) is 10.5 Å². The molecule has 0 unspecified atom stereocenters. The summed E-state index contributed by atoms with van der Waals surface area (Å²) in [7, 11) is 1.23. The third kappa shape index (κ3) is 3.05. The predicted molar refractivity (Wildman–Crippen MR) is 99.4 cm³/mol. The SMILES string of the molecule is COC(=O)c1c(N)c(C#N)cn1-c1ccc(CN2C(=O)NC(C)(C)C2=O)cc1. The lowest BCUT2D eigenvalue weighted by Gasteiger charge is -2.16. The molecule has 2 heterocycles. The minimum atomic E-state index is -0.928. The molecule has 0 saturated carbocycles. The lowest BCUT2D eigenvalue weighted by Crippen LogP contribution is -2.40. The third-order valence-electron chi connectivity index (χ3n) is 4.54. The Morgan fingerprint density at radius 2 is 1.93 bits per heavy atom. The molecule has 3 amide bonds. The first-order valence-electron chi connectivity index (χ1n) is 8.42. The number of nitrogen functional groups attached to an aromatic ring is 1. The zero-order valence-electron chi connectivity index (χ0n) is 15.6. The molecule has 0 atom stereocenters. The summed E-state index contributed by atoms with van der Waals surface area (Å²) in [5.74, 6) is -0.962. The molecule has 3 rings (SSSR count). The number of nitrogens with one attached hydrogen (secondary N) is 1. The second-order valence-corrected chi connectivity index (χ2v) is 6.89. The number of carbonyl (C=O) groups excluding carboxylic acids is 3. The van der Waals surface area contributed by atoms with Gasteiger partial charge < -0.3 is 20.4 Å². The highest BCUT2D eigenvalue weighted by molar-refractivity contribution is 6.06. The van der Waals surface area contributed by atoms with Crippen molar-refractivity contribution in [3.63, 3.8) is 0 Å². The third-order valence-corrected chi connectivity index (χ3v) is 4.54. The number of carbonyl (C=O) groups is 3. The first-order chi connectivity index (χ1) is 13.2. The van der Waals surface area contributed by atoms with Gasteiger partial charge in [0.2, 0.25) is 0 Å². The summed E-state index contributed by atoms with van der Waals surface area (Å²) in [6.07, 6.45) is 1.45. The van der Waals surface area contributed by atoms with Crippen molar-refractivity contribution in [3.8, 4) is 11.8 Å². The maximum Gasteiger partial charge on any atom is 0.357 e. The van der Waals surface area contributed by atoms with Crippen molar-refractivity contribution in [2.45, 2.75) is 25.9 Å². The largest absolute Gasteiger partial charge is 0.464 e. The van der Waals surface area contributed by atoms with Crippen LogP contribution in [0.5, 0.6) is 0 Å². The second kappa shape index (κ2) is 6.74. The Kier molecular flexibility index (Phi) is 4.56. The maximum absolute atomic E-state index is 12.3. The van der Waals surface area contributed by atoms with Crippen molar-refractivity contribution >= 4 is 23.6 Å². The first-order valence-corrected chi connectivity index (χ1v) is 8.42.